The molecule has 0 saturated heterocycles. The zero-order valence-corrected chi connectivity index (χ0v) is 15.8. The van der Waals surface area contributed by atoms with Gasteiger partial charge in [-0.1, -0.05) is 23.7 Å². The van der Waals surface area contributed by atoms with Crippen molar-refractivity contribution >= 4 is 27.4 Å². The van der Waals surface area contributed by atoms with Crippen LogP contribution < -0.4 is 0 Å². The van der Waals surface area contributed by atoms with Crippen molar-refractivity contribution in [2.45, 2.75) is 23.0 Å². The van der Waals surface area contributed by atoms with Crippen LogP contribution in [0, 0.1) is 22.6 Å². The summed E-state index contributed by atoms with van der Waals surface area (Å²) in [5.74, 6) is -2.36. The maximum Gasteiger partial charge on any atom is 0.328 e. The van der Waals surface area contributed by atoms with Crippen LogP contribution in [0.2, 0.25) is 5.02 Å². The molecular weight excluding hydrogens is 393 g/mol. The monoisotopic (exact) mass is 407 g/mol. The van der Waals surface area contributed by atoms with Gasteiger partial charge in [0.1, 0.15) is 11.1 Å². The van der Waals surface area contributed by atoms with E-state index in [2.05, 4.69) is 0 Å². The number of halogens is 2. The molecule has 0 heterocycles. The average molecular weight is 408 g/mol. The number of hydrogen-bond donors (Lipinski definition) is 0. The summed E-state index contributed by atoms with van der Waals surface area (Å²) in [6, 6.07) is 12.4. The lowest BCUT2D eigenvalue weighted by Gasteiger charge is -2.09. The van der Waals surface area contributed by atoms with E-state index in [4.69, 9.17) is 16.3 Å². The third-order valence-corrected chi connectivity index (χ3v) is 7.13. The summed E-state index contributed by atoms with van der Waals surface area (Å²) in [5, 5.41) is 8.78. The lowest BCUT2D eigenvalue weighted by Crippen LogP contribution is -2.25. The Bertz CT molecular complexity index is 1020. The number of carbonyl (C=O) groups excluding carboxylic acids is 1. The molecule has 3 atom stereocenters. The van der Waals surface area contributed by atoms with Gasteiger partial charge < -0.3 is 4.74 Å². The van der Waals surface area contributed by atoms with E-state index in [1.54, 1.807) is 6.92 Å². The summed E-state index contributed by atoms with van der Waals surface area (Å²) in [6.07, 6.45) is 0. The molecule has 0 bridgehead atoms. The number of nitrogens with zero attached hydrogens (tertiary/aromatic N) is 1. The van der Waals surface area contributed by atoms with E-state index in [9.17, 15) is 22.9 Å². The number of hydrogen-bond acceptors (Lipinski definition) is 5. The molecule has 0 spiro atoms. The maximum atomic E-state index is 13.3. The van der Waals surface area contributed by atoms with Crippen LogP contribution in [0.25, 0.3) is 0 Å². The van der Waals surface area contributed by atoms with Gasteiger partial charge >= 0.3 is 5.97 Å². The first-order valence-corrected chi connectivity index (χ1v) is 10.0. The van der Waals surface area contributed by atoms with Crippen LogP contribution in [-0.4, -0.2) is 26.2 Å². The number of ether oxygens (including phenoxy) is 1. The first-order chi connectivity index (χ1) is 12.8. The summed E-state index contributed by atoms with van der Waals surface area (Å²) in [5.41, 5.74) is -1.50. The summed E-state index contributed by atoms with van der Waals surface area (Å²) in [6.45, 7) is 1.58. The summed E-state index contributed by atoms with van der Waals surface area (Å²) in [7, 11) is -4.05. The first kappa shape index (κ1) is 19.3. The van der Waals surface area contributed by atoms with Crippen molar-refractivity contribution in [2.24, 2.45) is 5.41 Å². The molecule has 8 heteroatoms. The standard InChI is InChI=1S/C19H15ClFNO4S/c1-2-26-18(23)19(11-22)16(12-3-7-14(21)8-4-12)17(19)27(24,25)15-9-5-13(20)6-10-15/h3-10,16-17H,2H2,1H3. The Balaban J connectivity index is 2.12. The van der Waals surface area contributed by atoms with Gasteiger partial charge in [0.25, 0.3) is 0 Å². The molecule has 1 saturated carbocycles. The van der Waals surface area contributed by atoms with Crippen molar-refractivity contribution in [2.75, 3.05) is 6.61 Å². The lowest BCUT2D eigenvalue weighted by molar-refractivity contribution is -0.147. The molecule has 3 rings (SSSR count). The number of nitriles is 1. The predicted octanol–water partition coefficient (Wildman–Crippen LogP) is 3.49. The van der Waals surface area contributed by atoms with Gasteiger partial charge in [-0.2, -0.15) is 5.26 Å². The average Bonchev–Trinajstić information content (AvgIpc) is 3.34. The summed E-state index contributed by atoms with van der Waals surface area (Å²) < 4.78 is 44.6. The zero-order chi connectivity index (χ0) is 19.8. The van der Waals surface area contributed by atoms with Crippen molar-refractivity contribution in [3.63, 3.8) is 0 Å². The van der Waals surface area contributed by atoms with Crippen molar-refractivity contribution in [1.29, 1.82) is 5.26 Å². The van der Waals surface area contributed by atoms with Gasteiger partial charge in [0.05, 0.1) is 17.6 Å². The molecule has 0 amide bonds. The number of rotatable bonds is 5. The van der Waals surface area contributed by atoms with Crippen LogP contribution in [0.5, 0.6) is 0 Å². The Labute approximate surface area is 161 Å². The fourth-order valence-corrected chi connectivity index (χ4v) is 5.70. The van der Waals surface area contributed by atoms with Crippen molar-refractivity contribution < 1.29 is 22.3 Å². The van der Waals surface area contributed by atoms with E-state index >= 15 is 0 Å². The second-order valence-corrected chi connectivity index (χ2v) is 8.66. The minimum absolute atomic E-state index is 0.00607. The second-order valence-electron chi connectivity index (χ2n) is 6.15. The van der Waals surface area contributed by atoms with Crippen LogP contribution in [-0.2, 0) is 19.4 Å². The van der Waals surface area contributed by atoms with Crippen LogP contribution >= 0.6 is 11.6 Å². The van der Waals surface area contributed by atoms with E-state index in [0.717, 1.165) is 12.1 Å². The van der Waals surface area contributed by atoms with Crippen molar-refractivity contribution in [3.05, 3.63) is 64.9 Å². The Morgan fingerprint density at radius 2 is 1.81 bits per heavy atom. The highest BCUT2D eigenvalue weighted by Gasteiger charge is 2.77. The molecule has 1 aliphatic rings. The zero-order valence-electron chi connectivity index (χ0n) is 14.2. The van der Waals surface area contributed by atoms with E-state index in [0.29, 0.717) is 10.6 Å². The van der Waals surface area contributed by atoms with Crippen molar-refractivity contribution in [1.82, 2.24) is 0 Å². The van der Waals surface area contributed by atoms with Crippen LogP contribution in [0.1, 0.15) is 18.4 Å². The normalized spacial score (nSPS) is 24.1. The molecule has 2 aromatic rings. The fourth-order valence-electron chi connectivity index (χ4n) is 3.33. The largest absolute Gasteiger partial charge is 0.465 e. The molecule has 0 N–H and O–H groups in total. The van der Waals surface area contributed by atoms with Crippen LogP contribution in [0.3, 0.4) is 0 Å². The number of sulfone groups is 1. The minimum Gasteiger partial charge on any atom is -0.465 e. The minimum atomic E-state index is -4.05. The molecule has 2 aromatic carbocycles. The molecule has 0 aliphatic heterocycles. The van der Waals surface area contributed by atoms with Gasteiger partial charge in [-0.05, 0) is 48.9 Å². The SMILES string of the molecule is CCOC(=O)C1(C#N)C(c2ccc(F)cc2)C1S(=O)(=O)c1ccc(Cl)cc1. The number of esters is 1. The predicted molar refractivity (Wildman–Crippen MR) is 96.2 cm³/mol. The molecule has 140 valence electrons. The van der Waals surface area contributed by atoms with Gasteiger partial charge in [-0.25, -0.2) is 12.8 Å². The third-order valence-electron chi connectivity index (χ3n) is 4.64. The van der Waals surface area contributed by atoms with E-state index in [1.807, 2.05) is 6.07 Å². The van der Waals surface area contributed by atoms with Gasteiger partial charge in [0.15, 0.2) is 15.3 Å². The molecule has 5 nitrogen and oxygen atoms in total. The summed E-state index contributed by atoms with van der Waals surface area (Å²) in [4.78, 5) is 12.5. The molecule has 0 aromatic heterocycles. The highest BCUT2D eigenvalue weighted by Crippen LogP contribution is 2.64. The number of carbonyl (C=O) groups is 1. The highest BCUT2D eigenvalue weighted by atomic mass is 35.5. The topological polar surface area (TPSA) is 84.2 Å². The number of benzene rings is 2. The molecule has 27 heavy (non-hydrogen) atoms. The lowest BCUT2D eigenvalue weighted by atomic mass is 10.0. The Morgan fingerprint density at radius 3 is 2.33 bits per heavy atom. The van der Waals surface area contributed by atoms with Gasteiger partial charge in [-0.15, -0.1) is 0 Å². The Hall–Kier alpha value is -2.43. The van der Waals surface area contributed by atoms with E-state index < -0.39 is 38.2 Å². The van der Waals surface area contributed by atoms with Crippen LogP contribution in [0.15, 0.2) is 53.4 Å². The van der Waals surface area contributed by atoms with Gasteiger partial charge in [0, 0.05) is 10.9 Å². The smallest absolute Gasteiger partial charge is 0.328 e. The molecular formula is C19H15ClFNO4S. The first-order valence-electron chi connectivity index (χ1n) is 8.12. The van der Waals surface area contributed by atoms with Gasteiger partial charge in [0.2, 0.25) is 0 Å². The molecule has 0 radical (unpaired) electrons. The highest BCUT2D eigenvalue weighted by molar-refractivity contribution is 7.92. The fraction of sp³-hybridized carbons (Fsp3) is 0.263. The third kappa shape index (κ3) is 3.09. The Morgan fingerprint density at radius 1 is 1.22 bits per heavy atom. The second kappa shape index (κ2) is 6.95. The maximum absolute atomic E-state index is 13.3. The van der Waals surface area contributed by atoms with E-state index in [-0.39, 0.29) is 11.5 Å². The molecule has 3 unspecified atom stereocenters. The molecule has 1 aliphatic carbocycles. The van der Waals surface area contributed by atoms with E-state index in [1.165, 1.54) is 36.4 Å². The molecule has 1 fully saturated rings. The van der Waals surface area contributed by atoms with Gasteiger partial charge in [-0.3, -0.25) is 4.79 Å². The van der Waals surface area contributed by atoms with Crippen molar-refractivity contribution in [3.8, 4) is 6.07 Å². The Kier molecular flexibility index (Phi) is 4.98. The quantitative estimate of drug-likeness (QED) is 0.708. The summed E-state index contributed by atoms with van der Waals surface area (Å²) >= 11 is 5.81. The van der Waals surface area contributed by atoms with Crippen LogP contribution in [0.4, 0.5) is 4.39 Å².